The first-order valence-corrected chi connectivity index (χ1v) is 6.36. The highest BCUT2D eigenvalue weighted by Crippen LogP contribution is 2.32. The van der Waals surface area contributed by atoms with Crippen LogP contribution in [0.25, 0.3) is 22.4 Å². The average molecular weight is 273 g/mol. The summed E-state index contributed by atoms with van der Waals surface area (Å²) >= 11 is 5.86. The maximum Gasteiger partial charge on any atom is 0.144 e. The maximum absolute atomic E-state index is 10.0. The molecule has 0 aliphatic rings. The van der Waals surface area contributed by atoms with Gasteiger partial charge < -0.3 is 9.67 Å². The predicted molar refractivity (Wildman–Crippen MR) is 77.6 cm³/mol. The van der Waals surface area contributed by atoms with Crippen LogP contribution in [-0.2, 0) is 7.05 Å². The van der Waals surface area contributed by atoms with Crippen molar-refractivity contribution in [3.63, 3.8) is 0 Å². The van der Waals surface area contributed by atoms with Crippen LogP contribution in [-0.4, -0.2) is 14.7 Å². The summed E-state index contributed by atoms with van der Waals surface area (Å²) < 4.78 is 1.97. The van der Waals surface area contributed by atoms with Gasteiger partial charge in [-0.2, -0.15) is 0 Å². The number of aryl methyl sites for hydroxylation is 2. The van der Waals surface area contributed by atoms with E-state index < -0.39 is 0 Å². The second-order valence-electron chi connectivity index (χ2n) is 4.65. The lowest BCUT2D eigenvalue weighted by molar-refractivity contribution is 0.476. The van der Waals surface area contributed by atoms with E-state index in [1.165, 1.54) is 6.07 Å². The van der Waals surface area contributed by atoms with Gasteiger partial charge in [-0.1, -0.05) is 17.7 Å². The summed E-state index contributed by atoms with van der Waals surface area (Å²) in [5.41, 5.74) is 3.81. The van der Waals surface area contributed by atoms with Crippen LogP contribution in [0.1, 0.15) is 5.56 Å². The van der Waals surface area contributed by atoms with Gasteiger partial charge in [0, 0.05) is 12.1 Å². The standard InChI is InChI=1S/C15H13ClN2O/c1-9-3-6-13-12(7-9)17-15(18(13)2)11-5-4-10(16)8-14(11)19/h3-8,19H,1-2H3. The van der Waals surface area contributed by atoms with E-state index in [0.717, 1.165) is 22.4 Å². The largest absolute Gasteiger partial charge is 0.507 e. The second-order valence-corrected chi connectivity index (χ2v) is 5.08. The molecular weight excluding hydrogens is 260 g/mol. The molecule has 0 atom stereocenters. The summed E-state index contributed by atoms with van der Waals surface area (Å²) in [5.74, 6) is 0.873. The molecule has 1 aromatic heterocycles. The molecule has 1 heterocycles. The van der Waals surface area contributed by atoms with Gasteiger partial charge in [-0.05, 0) is 42.8 Å². The third-order valence-corrected chi connectivity index (χ3v) is 3.47. The van der Waals surface area contributed by atoms with E-state index in [1.54, 1.807) is 12.1 Å². The molecule has 3 nitrogen and oxygen atoms in total. The van der Waals surface area contributed by atoms with Crippen molar-refractivity contribution in [2.24, 2.45) is 7.05 Å². The van der Waals surface area contributed by atoms with E-state index in [2.05, 4.69) is 11.1 Å². The number of halogens is 1. The highest BCUT2D eigenvalue weighted by molar-refractivity contribution is 6.30. The Morgan fingerprint density at radius 1 is 1.16 bits per heavy atom. The number of benzene rings is 2. The van der Waals surface area contributed by atoms with E-state index >= 15 is 0 Å². The van der Waals surface area contributed by atoms with Crippen molar-refractivity contribution < 1.29 is 5.11 Å². The van der Waals surface area contributed by atoms with Crippen molar-refractivity contribution in [1.82, 2.24) is 9.55 Å². The van der Waals surface area contributed by atoms with E-state index in [-0.39, 0.29) is 5.75 Å². The molecule has 2 aromatic carbocycles. The van der Waals surface area contributed by atoms with Crippen LogP contribution in [0.5, 0.6) is 5.75 Å². The Balaban J connectivity index is 2.27. The predicted octanol–water partition coefficient (Wildman–Crippen LogP) is 3.91. The first-order valence-electron chi connectivity index (χ1n) is 5.98. The van der Waals surface area contributed by atoms with Gasteiger partial charge in [-0.15, -0.1) is 0 Å². The Bertz CT molecular complexity index is 777. The van der Waals surface area contributed by atoms with Gasteiger partial charge in [-0.25, -0.2) is 4.98 Å². The van der Waals surface area contributed by atoms with Gasteiger partial charge in [0.25, 0.3) is 0 Å². The summed E-state index contributed by atoms with van der Waals surface area (Å²) in [6.07, 6.45) is 0. The first-order chi connectivity index (χ1) is 9.06. The number of aromatic hydroxyl groups is 1. The van der Waals surface area contributed by atoms with E-state index in [9.17, 15) is 5.11 Å². The molecule has 1 N–H and O–H groups in total. The summed E-state index contributed by atoms with van der Waals surface area (Å²) in [5, 5.41) is 10.5. The number of fused-ring (bicyclic) bond motifs is 1. The quantitative estimate of drug-likeness (QED) is 0.729. The topological polar surface area (TPSA) is 38.1 Å². The highest BCUT2D eigenvalue weighted by atomic mass is 35.5. The van der Waals surface area contributed by atoms with E-state index in [4.69, 9.17) is 11.6 Å². The van der Waals surface area contributed by atoms with Crippen molar-refractivity contribution in [1.29, 1.82) is 0 Å². The minimum absolute atomic E-state index is 0.141. The Kier molecular flexibility index (Phi) is 2.72. The van der Waals surface area contributed by atoms with Crippen molar-refractivity contribution >= 4 is 22.6 Å². The number of phenolic OH excluding ortho intramolecular Hbond substituents is 1. The van der Waals surface area contributed by atoms with Crippen LogP contribution in [0.4, 0.5) is 0 Å². The van der Waals surface area contributed by atoms with Crippen LogP contribution in [0.15, 0.2) is 36.4 Å². The molecule has 3 rings (SSSR count). The monoisotopic (exact) mass is 272 g/mol. The normalized spacial score (nSPS) is 11.1. The number of imidazole rings is 1. The lowest BCUT2D eigenvalue weighted by Gasteiger charge is -2.05. The minimum Gasteiger partial charge on any atom is -0.507 e. The molecule has 0 aliphatic carbocycles. The van der Waals surface area contributed by atoms with Gasteiger partial charge >= 0.3 is 0 Å². The number of nitrogens with zero attached hydrogens (tertiary/aromatic N) is 2. The fourth-order valence-electron chi connectivity index (χ4n) is 2.24. The number of phenols is 1. The Hall–Kier alpha value is -2.00. The second kappa shape index (κ2) is 4.28. The molecule has 0 radical (unpaired) electrons. The smallest absolute Gasteiger partial charge is 0.144 e. The Morgan fingerprint density at radius 3 is 2.68 bits per heavy atom. The third kappa shape index (κ3) is 1.96. The fourth-order valence-corrected chi connectivity index (χ4v) is 2.41. The van der Waals surface area contributed by atoms with Crippen molar-refractivity contribution in [3.8, 4) is 17.1 Å². The van der Waals surface area contributed by atoms with Crippen LogP contribution in [0.3, 0.4) is 0 Å². The zero-order chi connectivity index (χ0) is 13.6. The molecule has 19 heavy (non-hydrogen) atoms. The Morgan fingerprint density at radius 2 is 1.95 bits per heavy atom. The Labute approximate surface area is 116 Å². The molecular formula is C15H13ClN2O. The van der Waals surface area contributed by atoms with Crippen molar-refractivity contribution in [3.05, 3.63) is 47.0 Å². The lowest BCUT2D eigenvalue weighted by Crippen LogP contribution is -1.92. The zero-order valence-electron chi connectivity index (χ0n) is 10.7. The molecule has 0 unspecified atom stereocenters. The molecule has 3 aromatic rings. The molecule has 4 heteroatoms. The number of hydrogen-bond donors (Lipinski definition) is 1. The van der Waals surface area contributed by atoms with Crippen LogP contribution in [0.2, 0.25) is 5.02 Å². The van der Waals surface area contributed by atoms with Gasteiger partial charge in [0.1, 0.15) is 11.6 Å². The molecule has 0 fully saturated rings. The van der Waals surface area contributed by atoms with Crippen molar-refractivity contribution in [2.45, 2.75) is 6.92 Å². The number of rotatable bonds is 1. The maximum atomic E-state index is 10.0. The number of aromatic nitrogens is 2. The average Bonchev–Trinajstić information content (AvgIpc) is 2.66. The third-order valence-electron chi connectivity index (χ3n) is 3.24. The molecule has 0 saturated heterocycles. The molecule has 96 valence electrons. The first kappa shape index (κ1) is 12.1. The van der Waals surface area contributed by atoms with Crippen LogP contribution < -0.4 is 0 Å². The van der Waals surface area contributed by atoms with Crippen molar-refractivity contribution in [2.75, 3.05) is 0 Å². The SMILES string of the molecule is Cc1ccc2c(c1)nc(-c1ccc(Cl)cc1O)n2C. The molecule has 0 aliphatic heterocycles. The minimum atomic E-state index is 0.141. The molecule has 0 spiro atoms. The fraction of sp³-hybridized carbons (Fsp3) is 0.133. The van der Waals surface area contributed by atoms with Gasteiger partial charge in [-0.3, -0.25) is 0 Å². The molecule has 0 amide bonds. The highest BCUT2D eigenvalue weighted by Gasteiger charge is 2.13. The summed E-state index contributed by atoms with van der Waals surface area (Å²) in [7, 11) is 1.94. The van der Waals surface area contributed by atoms with Gasteiger partial charge in [0.15, 0.2) is 0 Å². The summed E-state index contributed by atoms with van der Waals surface area (Å²) in [4.78, 5) is 4.59. The molecule has 0 saturated carbocycles. The van der Waals surface area contributed by atoms with E-state index in [1.807, 2.05) is 30.7 Å². The molecule has 0 bridgehead atoms. The van der Waals surface area contributed by atoms with Gasteiger partial charge in [0.2, 0.25) is 0 Å². The lowest BCUT2D eigenvalue weighted by atomic mass is 10.2. The number of hydrogen-bond acceptors (Lipinski definition) is 2. The van der Waals surface area contributed by atoms with Crippen LogP contribution in [0, 0.1) is 6.92 Å². The van der Waals surface area contributed by atoms with Crippen LogP contribution >= 0.6 is 11.6 Å². The summed E-state index contributed by atoms with van der Waals surface area (Å²) in [6, 6.07) is 11.2. The van der Waals surface area contributed by atoms with Gasteiger partial charge in [0.05, 0.1) is 16.6 Å². The summed E-state index contributed by atoms with van der Waals surface area (Å²) in [6.45, 7) is 2.04. The zero-order valence-corrected chi connectivity index (χ0v) is 11.4. The van der Waals surface area contributed by atoms with E-state index in [0.29, 0.717) is 10.6 Å².